The molecule has 0 saturated carbocycles. The first kappa shape index (κ1) is 13.9. The molecule has 1 aliphatic rings. The van der Waals surface area contributed by atoms with Gasteiger partial charge in [0.25, 0.3) is 0 Å². The fraction of sp³-hybridized carbons (Fsp3) is 1.00. The number of ether oxygens (including phenoxy) is 1. The Balaban J connectivity index is 2.62. The van der Waals surface area contributed by atoms with Crippen molar-refractivity contribution in [1.29, 1.82) is 0 Å². The Kier molecular flexibility index (Phi) is 4.77. The molecule has 0 aliphatic carbocycles. The fourth-order valence-electron chi connectivity index (χ4n) is 2.58. The van der Waals surface area contributed by atoms with Gasteiger partial charge in [0.1, 0.15) is 0 Å². The van der Waals surface area contributed by atoms with Crippen molar-refractivity contribution in [2.24, 2.45) is 5.92 Å². The third-order valence-electron chi connectivity index (χ3n) is 3.32. The lowest BCUT2D eigenvalue weighted by Gasteiger charge is -2.43. The van der Waals surface area contributed by atoms with Crippen LogP contribution in [0, 0.1) is 5.92 Å². The van der Waals surface area contributed by atoms with Crippen molar-refractivity contribution < 1.29 is 9.84 Å². The smallest absolute Gasteiger partial charge is 0.216 e. The van der Waals surface area contributed by atoms with Gasteiger partial charge in [0, 0.05) is 12.6 Å². The summed E-state index contributed by atoms with van der Waals surface area (Å²) in [7, 11) is 0. The lowest BCUT2D eigenvalue weighted by atomic mass is 9.89. The van der Waals surface area contributed by atoms with E-state index in [0.29, 0.717) is 12.0 Å². The van der Waals surface area contributed by atoms with Crippen LogP contribution in [0.5, 0.6) is 0 Å². The summed E-state index contributed by atoms with van der Waals surface area (Å²) in [4.78, 5) is 2.11. The van der Waals surface area contributed by atoms with Gasteiger partial charge in [-0.25, -0.2) is 0 Å². The number of nitrogens with zero attached hydrogens (tertiary/aromatic N) is 1. The molecule has 0 radical (unpaired) electrons. The number of rotatable bonds is 3. The average molecular weight is 229 g/mol. The van der Waals surface area contributed by atoms with Crippen LogP contribution in [0.1, 0.15) is 53.9 Å². The second-order valence-corrected chi connectivity index (χ2v) is 5.89. The van der Waals surface area contributed by atoms with Crippen LogP contribution in [-0.4, -0.2) is 34.6 Å². The van der Waals surface area contributed by atoms with Crippen LogP contribution in [0.3, 0.4) is 0 Å². The molecule has 16 heavy (non-hydrogen) atoms. The van der Waals surface area contributed by atoms with Gasteiger partial charge in [0.2, 0.25) is 6.41 Å². The van der Waals surface area contributed by atoms with E-state index in [9.17, 15) is 5.11 Å². The molecular weight excluding hydrogens is 202 g/mol. The Labute approximate surface area is 99.8 Å². The van der Waals surface area contributed by atoms with E-state index >= 15 is 0 Å². The number of piperidine rings is 1. The zero-order valence-electron chi connectivity index (χ0n) is 11.4. The van der Waals surface area contributed by atoms with Gasteiger partial charge in [-0.1, -0.05) is 13.8 Å². The summed E-state index contributed by atoms with van der Waals surface area (Å²) in [6.07, 6.45) is 2.73. The van der Waals surface area contributed by atoms with Crippen molar-refractivity contribution in [2.45, 2.75) is 71.9 Å². The maximum Gasteiger partial charge on any atom is 0.216 e. The highest BCUT2D eigenvalue weighted by Gasteiger charge is 2.33. The van der Waals surface area contributed by atoms with Gasteiger partial charge in [0.15, 0.2) is 0 Å². The minimum atomic E-state index is -0.757. The summed E-state index contributed by atoms with van der Waals surface area (Å²) in [5.41, 5.74) is -0.293. The third kappa shape index (κ3) is 3.72. The van der Waals surface area contributed by atoms with E-state index in [4.69, 9.17) is 4.74 Å². The van der Waals surface area contributed by atoms with Crippen molar-refractivity contribution in [3.63, 3.8) is 0 Å². The summed E-state index contributed by atoms with van der Waals surface area (Å²) in [6, 6.07) is 0.450. The molecular formula is C13H27NO2. The lowest BCUT2D eigenvalue weighted by molar-refractivity contribution is -0.256. The van der Waals surface area contributed by atoms with Gasteiger partial charge in [0.05, 0.1) is 5.60 Å². The molecule has 1 rings (SSSR count). The zero-order chi connectivity index (χ0) is 12.3. The summed E-state index contributed by atoms with van der Waals surface area (Å²) in [5, 5.41) is 10.1. The summed E-state index contributed by atoms with van der Waals surface area (Å²) >= 11 is 0. The van der Waals surface area contributed by atoms with E-state index in [1.165, 1.54) is 6.42 Å². The van der Waals surface area contributed by atoms with Crippen LogP contribution in [0.15, 0.2) is 0 Å². The van der Waals surface area contributed by atoms with E-state index in [0.717, 1.165) is 19.4 Å². The van der Waals surface area contributed by atoms with Crippen molar-refractivity contribution in [3.8, 4) is 0 Å². The highest BCUT2D eigenvalue weighted by atomic mass is 16.6. The summed E-state index contributed by atoms with van der Waals surface area (Å²) in [5.74, 6) is 0.650. The molecule has 96 valence electrons. The molecule has 1 N–H and O–H groups in total. The highest BCUT2D eigenvalue weighted by Crippen LogP contribution is 2.28. The van der Waals surface area contributed by atoms with Crippen LogP contribution < -0.4 is 0 Å². The molecule has 0 aromatic rings. The molecule has 1 saturated heterocycles. The maximum absolute atomic E-state index is 10.1. The van der Waals surface area contributed by atoms with Crippen molar-refractivity contribution in [2.75, 3.05) is 6.54 Å². The predicted molar refractivity (Wildman–Crippen MR) is 66.0 cm³/mol. The Morgan fingerprint density at radius 3 is 2.56 bits per heavy atom. The molecule has 0 bridgehead atoms. The van der Waals surface area contributed by atoms with Gasteiger partial charge in [-0.2, -0.15) is 0 Å². The predicted octanol–water partition coefficient (Wildman–Crippen LogP) is 2.59. The minimum Gasteiger partial charge on any atom is -0.356 e. The first-order valence-corrected chi connectivity index (χ1v) is 6.46. The summed E-state index contributed by atoms with van der Waals surface area (Å²) < 4.78 is 5.64. The number of likely N-dealkylation sites (tertiary alicyclic amines) is 1. The van der Waals surface area contributed by atoms with Gasteiger partial charge in [-0.15, -0.1) is 0 Å². The van der Waals surface area contributed by atoms with Crippen molar-refractivity contribution >= 4 is 0 Å². The van der Waals surface area contributed by atoms with Crippen LogP contribution in [-0.2, 0) is 4.74 Å². The van der Waals surface area contributed by atoms with E-state index in [-0.39, 0.29) is 5.60 Å². The number of hydrogen-bond acceptors (Lipinski definition) is 3. The minimum absolute atomic E-state index is 0.293. The second kappa shape index (κ2) is 5.48. The second-order valence-electron chi connectivity index (χ2n) is 5.89. The average Bonchev–Trinajstić information content (AvgIpc) is 2.14. The monoisotopic (exact) mass is 229 g/mol. The normalized spacial score (nSPS) is 30.4. The number of hydrogen-bond donors (Lipinski definition) is 1. The Bertz CT molecular complexity index is 212. The van der Waals surface area contributed by atoms with Crippen LogP contribution in [0.25, 0.3) is 0 Å². The van der Waals surface area contributed by atoms with Gasteiger partial charge in [-0.3, -0.25) is 4.90 Å². The lowest BCUT2D eigenvalue weighted by Crippen LogP contribution is -2.52. The molecule has 3 atom stereocenters. The SMILES string of the molecule is CC[C@@H]1C(C)CCCN1C(O)OC(C)(C)C. The zero-order valence-corrected chi connectivity index (χ0v) is 11.4. The Hall–Kier alpha value is -0.120. The number of aliphatic hydroxyl groups excluding tert-OH is 1. The highest BCUT2D eigenvalue weighted by molar-refractivity contribution is 4.81. The first-order valence-electron chi connectivity index (χ1n) is 6.46. The molecule has 0 spiro atoms. The molecule has 1 heterocycles. The van der Waals surface area contributed by atoms with E-state index in [1.54, 1.807) is 0 Å². The van der Waals surface area contributed by atoms with E-state index in [1.807, 2.05) is 20.8 Å². The molecule has 0 amide bonds. The van der Waals surface area contributed by atoms with E-state index < -0.39 is 6.41 Å². The van der Waals surface area contributed by atoms with Crippen molar-refractivity contribution in [3.05, 3.63) is 0 Å². The van der Waals surface area contributed by atoms with Crippen LogP contribution in [0.4, 0.5) is 0 Å². The molecule has 3 heteroatoms. The van der Waals surface area contributed by atoms with E-state index in [2.05, 4.69) is 18.7 Å². The first-order chi connectivity index (χ1) is 7.35. The largest absolute Gasteiger partial charge is 0.356 e. The molecule has 2 unspecified atom stereocenters. The van der Waals surface area contributed by atoms with Gasteiger partial charge >= 0.3 is 0 Å². The topological polar surface area (TPSA) is 32.7 Å². The standard InChI is InChI=1S/C13H27NO2/c1-6-11-10(2)8-7-9-14(11)12(15)16-13(3,4)5/h10-12,15H,6-9H2,1-5H3/t10?,11-,12?/m1/s1. The quantitative estimate of drug-likeness (QED) is 0.755. The molecule has 1 fully saturated rings. The van der Waals surface area contributed by atoms with Crippen molar-refractivity contribution in [1.82, 2.24) is 4.90 Å². The Morgan fingerprint density at radius 1 is 1.44 bits per heavy atom. The maximum atomic E-state index is 10.1. The molecule has 0 aromatic heterocycles. The van der Waals surface area contributed by atoms with Crippen LogP contribution >= 0.6 is 0 Å². The molecule has 3 nitrogen and oxygen atoms in total. The summed E-state index contributed by atoms with van der Waals surface area (Å²) in [6.45, 7) is 11.3. The van der Waals surface area contributed by atoms with Gasteiger partial charge < -0.3 is 9.84 Å². The number of aliphatic hydroxyl groups is 1. The molecule has 0 aromatic carbocycles. The van der Waals surface area contributed by atoms with Gasteiger partial charge in [-0.05, 0) is 46.0 Å². The third-order valence-corrected chi connectivity index (χ3v) is 3.32. The van der Waals surface area contributed by atoms with Crippen LogP contribution in [0.2, 0.25) is 0 Å². The molecule has 1 aliphatic heterocycles. The fourth-order valence-corrected chi connectivity index (χ4v) is 2.58. The Morgan fingerprint density at radius 2 is 2.06 bits per heavy atom.